The van der Waals surface area contributed by atoms with E-state index in [9.17, 15) is 9.59 Å². The average molecular weight is 461 g/mol. The Morgan fingerprint density at radius 1 is 1.00 bits per heavy atom. The van der Waals surface area contributed by atoms with Gasteiger partial charge < -0.3 is 10.2 Å². The molecule has 34 heavy (non-hydrogen) atoms. The summed E-state index contributed by atoms with van der Waals surface area (Å²) in [7, 11) is 0. The van der Waals surface area contributed by atoms with E-state index in [4.69, 9.17) is 5.26 Å². The van der Waals surface area contributed by atoms with E-state index in [1.807, 2.05) is 36.4 Å². The quantitative estimate of drug-likeness (QED) is 0.566. The van der Waals surface area contributed by atoms with E-state index >= 15 is 0 Å². The summed E-state index contributed by atoms with van der Waals surface area (Å²) in [4.78, 5) is 29.4. The van der Waals surface area contributed by atoms with E-state index in [0.717, 1.165) is 30.9 Å². The minimum absolute atomic E-state index is 0.108. The van der Waals surface area contributed by atoms with Crippen LogP contribution in [0.1, 0.15) is 50.7 Å². The van der Waals surface area contributed by atoms with Crippen molar-refractivity contribution in [1.29, 1.82) is 5.26 Å². The first kappa shape index (κ1) is 25.5. The third kappa shape index (κ3) is 7.71. The summed E-state index contributed by atoms with van der Waals surface area (Å²) in [6.45, 7) is 8.52. The molecule has 1 N–H and O–H groups in total. The Labute approximate surface area is 203 Å². The number of nitrogens with zero attached hydrogens (tertiary/aromatic N) is 3. The zero-order valence-corrected chi connectivity index (χ0v) is 20.4. The monoisotopic (exact) mass is 460 g/mol. The molecule has 2 aromatic carbocycles. The molecular weight excluding hydrogens is 424 g/mol. The summed E-state index contributed by atoms with van der Waals surface area (Å²) in [6.07, 6.45) is 1.76. The number of nitrogens with one attached hydrogen (secondary N) is 1. The number of amides is 2. The number of rotatable bonds is 10. The van der Waals surface area contributed by atoms with Crippen LogP contribution in [0.15, 0.2) is 54.6 Å². The first-order chi connectivity index (χ1) is 16.5. The lowest BCUT2D eigenvalue weighted by Crippen LogP contribution is -2.38. The van der Waals surface area contributed by atoms with Gasteiger partial charge in [-0.2, -0.15) is 5.26 Å². The molecule has 2 atom stereocenters. The SMILES string of the molecule is CC1CC(C)CN(Cc2ccccc2CNC(=O)CCC(=O)N(CCC#N)c2ccccc2)C1. The topological polar surface area (TPSA) is 76.4 Å². The smallest absolute Gasteiger partial charge is 0.227 e. The second kappa shape index (κ2) is 12.9. The van der Waals surface area contributed by atoms with Gasteiger partial charge in [-0.15, -0.1) is 0 Å². The van der Waals surface area contributed by atoms with Crippen molar-refractivity contribution < 1.29 is 9.59 Å². The molecule has 2 unspecified atom stereocenters. The number of likely N-dealkylation sites (tertiary alicyclic amines) is 1. The van der Waals surface area contributed by atoms with E-state index in [1.165, 1.54) is 12.0 Å². The van der Waals surface area contributed by atoms with Gasteiger partial charge in [-0.25, -0.2) is 0 Å². The number of para-hydroxylation sites is 1. The van der Waals surface area contributed by atoms with Gasteiger partial charge in [-0.1, -0.05) is 56.3 Å². The molecule has 180 valence electrons. The minimum Gasteiger partial charge on any atom is -0.352 e. The molecule has 1 aliphatic rings. The van der Waals surface area contributed by atoms with Gasteiger partial charge >= 0.3 is 0 Å². The molecule has 0 aliphatic carbocycles. The first-order valence-corrected chi connectivity index (χ1v) is 12.2. The summed E-state index contributed by atoms with van der Waals surface area (Å²) in [5.41, 5.74) is 3.11. The number of piperidine rings is 1. The number of hydrogen-bond donors (Lipinski definition) is 1. The molecule has 1 heterocycles. The van der Waals surface area contributed by atoms with Gasteiger partial charge in [-0.05, 0) is 41.5 Å². The number of carbonyl (C=O) groups is 2. The fraction of sp³-hybridized carbons (Fsp3) is 0.464. The normalized spacial score (nSPS) is 18.1. The van der Waals surface area contributed by atoms with Crippen LogP contribution in [0.5, 0.6) is 0 Å². The first-order valence-electron chi connectivity index (χ1n) is 12.2. The molecule has 6 nitrogen and oxygen atoms in total. The van der Waals surface area contributed by atoms with Crippen molar-refractivity contribution in [2.45, 2.75) is 52.6 Å². The Hall–Kier alpha value is -3.17. The van der Waals surface area contributed by atoms with Gasteiger partial charge in [-0.3, -0.25) is 14.5 Å². The van der Waals surface area contributed by atoms with E-state index in [2.05, 4.69) is 48.3 Å². The molecule has 0 radical (unpaired) electrons. The van der Waals surface area contributed by atoms with Crippen LogP contribution in [0.4, 0.5) is 5.69 Å². The van der Waals surface area contributed by atoms with E-state index in [0.29, 0.717) is 24.9 Å². The molecule has 3 rings (SSSR count). The molecule has 1 saturated heterocycles. The second-order valence-corrected chi connectivity index (χ2v) is 9.47. The van der Waals surface area contributed by atoms with Crippen molar-refractivity contribution >= 4 is 17.5 Å². The van der Waals surface area contributed by atoms with Gasteiger partial charge in [0.2, 0.25) is 11.8 Å². The van der Waals surface area contributed by atoms with Gasteiger partial charge in [0.25, 0.3) is 0 Å². The van der Waals surface area contributed by atoms with Crippen molar-refractivity contribution in [2.75, 3.05) is 24.5 Å². The maximum atomic E-state index is 12.8. The maximum absolute atomic E-state index is 12.8. The number of nitriles is 1. The lowest BCUT2D eigenvalue weighted by Gasteiger charge is -2.35. The molecule has 0 saturated carbocycles. The molecule has 1 aliphatic heterocycles. The molecule has 2 amide bonds. The molecule has 0 bridgehead atoms. The lowest BCUT2D eigenvalue weighted by molar-refractivity contribution is -0.125. The largest absolute Gasteiger partial charge is 0.352 e. The Morgan fingerprint density at radius 3 is 2.32 bits per heavy atom. The van der Waals surface area contributed by atoms with Crippen molar-refractivity contribution in [3.05, 3.63) is 65.7 Å². The average Bonchev–Trinajstić information content (AvgIpc) is 2.82. The van der Waals surface area contributed by atoms with Crippen LogP contribution in [0.2, 0.25) is 0 Å². The maximum Gasteiger partial charge on any atom is 0.227 e. The molecule has 2 aromatic rings. The fourth-order valence-electron chi connectivity index (χ4n) is 4.85. The van der Waals surface area contributed by atoms with Crippen LogP contribution in [-0.4, -0.2) is 36.3 Å². The molecule has 0 aromatic heterocycles. The highest BCUT2D eigenvalue weighted by Crippen LogP contribution is 2.23. The van der Waals surface area contributed by atoms with E-state index in [-0.39, 0.29) is 31.1 Å². The van der Waals surface area contributed by atoms with Crippen LogP contribution in [0.25, 0.3) is 0 Å². The summed E-state index contributed by atoms with van der Waals surface area (Å²) in [5, 5.41) is 11.9. The second-order valence-electron chi connectivity index (χ2n) is 9.47. The Bertz CT molecular complexity index is 975. The van der Waals surface area contributed by atoms with Crippen LogP contribution in [0, 0.1) is 23.2 Å². The molecule has 6 heteroatoms. The van der Waals surface area contributed by atoms with Crippen molar-refractivity contribution in [2.24, 2.45) is 11.8 Å². The van der Waals surface area contributed by atoms with Crippen molar-refractivity contribution in [3.63, 3.8) is 0 Å². The van der Waals surface area contributed by atoms with Crippen LogP contribution >= 0.6 is 0 Å². The predicted octanol–water partition coefficient (Wildman–Crippen LogP) is 4.51. The van der Waals surface area contributed by atoms with Crippen LogP contribution in [0.3, 0.4) is 0 Å². The fourth-order valence-corrected chi connectivity index (χ4v) is 4.85. The zero-order valence-electron chi connectivity index (χ0n) is 20.4. The highest BCUT2D eigenvalue weighted by molar-refractivity contribution is 5.95. The number of carbonyl (C=O) groups excluding carboxylic acids is 2. The molecular formula is C28H36N4O2. The molecule has 0 spiro atoms. The highest BCUT2D eigenvalue weighted by Gasteiger charge is 2.22. The van der Waals surface area contributed by atoms with Gasteiger partial charge in [0, 0.05) is 51.3 Å². The molecule has 1 fully saturated rings. The Morgan fingerprint density at radius 2 is 1.65 bits per heavy atom. The summed E-state index contributed by atoms with van der Waals surface area (Å²) in [5.74, 6) is 1.12. The van der Waals surface area contributed by atoms with Gasteiger partial charge in [0.1, 0.15) is 0 Å². The Balaban J connectivity index is 1.52. The van der Waals surface area contributed by atoms with E-state index in [1.54, 1.807) is 4.90 Å². The van der Waals surface area contributed by atoms with Gasteiger partial charge in [0.15, 0.2) is 0 Å². The van der Waals surface area contributed by atoms with Crippen LogP contribution in [-0.2, 0) is 22.7 Å². The summed E-state index contributed by atoms with van der Waals surface area (Å²) >= 11 is 0. The number of anilines is 1. The summed E-state index contributed by atoms with van der Waals surface area (Å²) < 4.78 is 0. The van der Waals surface area contributed by atoms with Gasteiger partial charge in [0.05, 0.1) is 12.5 Å². The van der Waals surface area contributed by atoms with Crippen molar-refractivity contribution in [3.8, 4) is 6.07 Å². The third-order valence-electron chi connectivity index (χ3n) is 6.31. The summed E-state index contributed by atoms with van der Waals surface area (Å²) in [6, 6.07) is 19.6. The predicted molar refractivity (Wildman–Crippen MR) is 135 cm³/mol. The standard InChI is InChI=1S/C28H36N4O2/c1-22-17-23(2)20-31(19-22)21-25-10-7-6-9-24(25)18-30-27(33)13-14-28(34)32(16-8-15-29)26-11-4-3-5-12-26/h3-7,9-12,22-23H,8,13-14,16-21H2,1-2H3,(H,30,33). The Kier molecular flexibility index (Phi) is 9.66. The third-order valence-corrected chi connectivity index (χ3v) is 6.31. The number of benzene rings is 2. The lowest BCUT2D eigenvalue weighted by atomic mass is 9.91. The van der Waals surface area contributed by atoms with Crippen LogP contribution < -0.4 is 10.2 Å². The highest BCUT2D eigenvalue weighted by atomic mass is 16.2. The number of hydrogen-bond acceptors (Lipinski definition) is 4. The minimum atomic E-state index is -0.148. The van der Waals surface area contributed by atoms with E-state index < -0.39 is 0 Å². The zero-order chi connectivity index (χ0) is 24.3. The van der Waals surface area contributed by atoms with Crippen molar-refractivity contribution in [1.82, 2.24) is 10.2 Å².